The van der Waals surface area contributed by atoms with Crippen molar-refractivity contribution in [2.75, 3.05) is 31.1 Å². The highest BCUT2D eigenvalue weighted by atomic mass is 35.5. The minimum atomic E-state index is -1.15. The summed E-state index contributed by atoms with van der Waals surface area (Å²) in [5, 5.41) is 13.3. The fourth-order valence-electron chi connectivity index (χ4n) is 4.86. The van der Waals surface area contributed by atoms with E-state index >= 15 is 0 Å². The number of carbonyl (C=O) groups is 1. The van der Waals surface area contributed by atoms with Crippen LogP contribution in [0.25, 0.3) is 0 Å². The molecule has 0 bridgehead atoms. The van der Waals surface area contributed by atoms with E-state index in [-0.39, 0.29) is 18.4 Å². The zero-order chi connectivity index (χ0) is 28.4. The second kappa shape index (κ2) is 12.0. The number of aliphatic hydroxyl groups is 1. The molecule has 1 aliphatic heterocycles. The highest BCUT2D eigenvalue weighted by Crippen LogP contribution is 2.37. The quantitative estimate of drug-likeness (QED) is 0.309. The molecule has 9 heteroatoms. The van der Waals surface area contributed by atoms with Gasteiger partial charge in [0.1, 0.15) is 11.2 Å². The van der Waals surface area contributed by atoms with Crippen LogP contribution in [-0.2, 0) is 21.6 Å². The van der Waals surface area contributed by atoms with Gasteiger partial charge in [0.2, 0.25) is 0 Å². The molecule has 2 heterocycles. The standard InChI is InChI=1S/C30H34Cl3N3O3/c1-29(2,3)39-28(37)16-24-11-7-21(17-34-24)30(4,38)19-35-13-14-36(26-12-10-23(32)15-25(26)33)27(18-35)20-5-8-22(31)9-6-20/h5-12,15,17,27,38H,13-14,16,18-19H2,1-4H3/t27-,30+/m0/s1. The van der Waals surface area contributed by atoms with Gasteiger partial charge in [0.05, 0.1) is 28.9 Å². The summed E-state index contributed by atoms with van der Waals surface area (Å²) < 4.78 is 5.39. The average Bonchev–Trinajstić information content (AvgIpc) is 2.84. The van der Waals surface area contributed by atoms with E-state index in [2.05, 4.69) is 14.8 Å². The lowest BCUT2D eigenvalue weighted by atomic mass is 9.94. The van der Waals surface area contributed by atoms with Crippen LogP contribution in [0.1, 0.15) is 50.6 Å². The number of hydrogen-bond donors (Lipinski definition) is 1. The predicted octanol–water partition coefficient (Wildman–Crippen LogP) is 6.70. The molecule has 6 nitrogen and oxygen atoms in total. The summed E-state index contributed by atoms with van der Waals surface area (Å²) in [6, 6.07) is 17.0. The smallest absolute Gasteiger partial charge is 0.312 e. The number of rotatable bonds is 7. The third-order valence-corrected chi connectivity index (χ3v) is 7.45. The summed E-state index contributed by atoms with van der Waals surface area (Å²) in [5.41, 5.74) is 1.59. The Kier molecular flexibility index (Phi) is 9.14. The molecule has 0 unspecified atom stereocenters. The van der Waals surface area contributed by atoms with Gasteiger partial charge >= 0.3 is 5.97 Å². The van der Waals surface area contributed by atoms with Crippen LogP contribution in [0.4, 0.5) is 5.69 Å². The van der Waals surface area contributed by atoms with Crippen LogP contribution < -0.4 is 4.90 Å². The largest absolute Gasteiger partial charge is 0.460 e. The third kappa shape index (κ3) is 7.86. The van der Waals surface area contributed by atoms with Crippen LogP contribution in [0, 0.1) is 0 Å². The van der Waals surface area contributed by atoms with Gasteiger partial charge < -0.3 is 14.7 Å². The first-order valence-electron chi connectivity index (χ1n) is 12.9. The van der Waals surface area contributed by atoms with Crippen molar-refractivity contribution in [3.63, 3.8) is 0 Å². The van der Waals surface area contributed by atoms with Crippen LogP contribution in [-0.4, -0.2) is 52.7 Å². The molecule has 3 aromatic rings. The van der Waals surface area contributed by atoms with Crippen molar-refractivity contribution in [1.82, 2.24) is 9.88 Å². The minimum absolute atomic E-state index is 0.0141. The lowest BCUT2D eigenvalue weighted by Crippen LogP contribution is -2.52. The summed E-state index contributed by atoms with van der Waals surface area (Å²) in [6.45, 7) is 9.80. The van der Waals surface area contributed by atoms with E-state index in [9.17, 15) is 9.90 Å². The number of anilines is 1. The van der Waals surface area contributed by atoms with E-state index in [1.54, 1.807) is 25.3 Å². The Bertz CT molecular complexity index is 1290. The molecule has 0 spiro atoms. The van der Waals surface area contributed by atoms with Gasteiger partial charge in [-0.3, -0.25) is 14.7 Å². The molecule has 1 aliphatic rings. The van der Waals surface area contributed by atoms with E-state index in [1.165, 1.54) is 0 Å². The second-order valence-electron chi connectivity index (χ2n) is 11.2. The van der Waals surface area contributed by atoms with Gasteiger partial charge in [-0.2, -0.15) is 0 Å². The molecule has 1 aromatic heterocycles. The molecule has 4 rings (SSSR count). The fourth-order valence-corrected chi connectivity index (χ4v) is 5.50. The molecule has 208 valence electrons. The maximum atomic E-state index is 12.2. The number of β-amino-alcohol motifs (C(OH)–C–C–N with tert-alkyl or cyclic N) is 1. The topological polar surface area (TPSA) is 65.9 Å². The van der Waals surface area contributed by atoms with Crippen molar-refractivity contribution in [3.8, 4) is 0 Å². The number of piperazine rings is 1. The summed E-state index contributed by atoms with van der Waals surface area (Å²) in [7, 11) is 0. The van der Waals surface area contributed by atoms with E-state index in [1.807, 2.05) is 63.2 Å². The van der Waals surface area contributed by atoms with E-state index in [0.717, 1.165) is 17.8 Å². The molecule has 0 amide bonds. The Morgan fingerprint density at radius 2 is 1.69 bits per heavy atom. The SMILES string of the molecule is CC(C)(C)OC(=O)Cc1ccc([C@](C)(O)CN2CCN(c3ccc(Cl)cc3Cl)[C@H](c3ccc(Cl)cc3)C2)cn1. The Morgan fingerprint density at radius 1 is 1.00 bits per heavy atom. The van der Waals surface area contributed by atoms with E-state index in [4.69, 9.17) is 39.5 Å². The maximum absolute atomic E-state index is 12.2. The lowest BCUT2D eigenvalue weighted by molar-refractivity contribution is -0.154. The molecule has 0 aliphatic carbocycles. The molecule has 2 aromatic carbocycles. The van der Waals surface area contributed by atoms with Gasteiger partial charge in [0.25, 0.3) is 0 Å². The lowest BCUT2D eigenvalue weighted by Gasteiger charge is -2.45. The Morgan fingerprint density at radius 3 is 2.31 bits per heavy atom. The van der Waals surface area contributed by atoms with Gasteiger partial charge in [0, 0.05) is 48.0 Å². The number of pyridine rings is 1. The maximum Gasteiger partial charge on any atom is 0.312 e. The highest BCUT2D eigenvalue weighted by molar-refractivity contribution is 6.36. The molecule has 1 N–H and O–H groups in total. The molecule has 39 heavy (non-hydrogen) atoms. The van der Waals surface area contributed by atoms with Crippen LogP contribution in [0.3, 0.4) is 0 Å². The molecular formula is C30H34Cl3N3O3. The molecule has 0 radical (unpaired) electrons. The number of aromatic nitrogens is 1. The molecular weight excluding hydrogens is 557 g/mol. The van der Waals surface area contributed by atoms with Gasteiger partial charge in [-0.1, -0.05) is 53.0 Å². The minimum Gasteiger partial charge on any atom is -0.460 e. The molecule has 2 atom stereocenters. The zero-order valence-corrected chi connectivity index (χ0v) is 24.9. The number of ether oxygens (including phenoxy) is 1. The zero-order valence-electron chi connectivity index (χ0n) is 22.6. The third-order valence-electron chi connectivity index (χ3n) is 6.66. The van der Waals surface area contributed by atoms with E-state index in [0.29, 0.717) is 46.0 Å². The van der Waals surface area contributed by atoms with Gasteiger partial charge in [0.15, 0.2) is 0 Å². The average molecular weight is 591 g/mol. The first kappa shape index (κ1) is 29.6. The van der Waals surface area contributed by atoms with Crippen LogP contribution in [0.2, 0.25) is 15.1 Å². The highest BCUT2D eigenvalue weighted by Gasteiger charge is 2.34. The van der Waals surface area contributed by atoms with Crippen molar-refractivity contribution < 1.29 is 14.6 Å². The summed E-state index contributed by atoms with van der Waals surface area (Å²) >= 11 is 18.9. The van der Waals surface area contributed by atoms with Crippen molar-refractivity contribution in [2.24, 2.45) is 0 Å². The first-order valence-corrected chi connectivity index (χ1v) is 14.0. The monoisotopic (exact) mass is 589 g/mol. The number of esters is 1. The summed E-state index contributed by atoms with van der Waals surface area (Å²) in [6.07, 6.45) is 1.72. The van der Waals surface area contributed by atoms with E-state index < -0.39 is 11.2 Å². The van der Waals surface area contributed by atoms with Gasteiger partial charge in [-0.15, -0.1) is 0 Å². The second-order valence-corrected chi connectivity index (χ2v) is 12.4. The Hall–Kier alpha value is -2.35. The summed E-state index contributed by atoms with van der Waals surface area (Å²) in [5.74, 6) is -0.332. The number of benzene rings is 2. The molecule has 1 saturated heterocycles. The van der Waals surface area contributed by atoms with Crippen molar-refractivity contribution in [3.05, 3.63) is 92.7 Å². The Balaban J connectivity index is 1.50. The van der Waals surface area contributed by atoms with Gasteiger partial charge in [-0.25, -0.2) is 0 Å². The number of halogens is 3. The van der Waals surface area contributed by atoms with Crippen LogP contribution in [0.5, 0.6) is 0 Å². The van der Waals surface area contributed by atoms with Crippen molar-refractivity contribution in [1.29, 1.82) is 0 Å². The fraction of sp³-hybridized carbons (Fsp3) is 0.400. The molecule has 0 saturated carbocycles. The van der Waals surface area contributed by atoms with Crippen LogP contribution >= 0.6 is 34.8 Å². The van der Waals surface area contributed by atoms with Crippen LogP contribution in [0.15, 0.2) is 60.8 Å². The summed E-state index contributed by atoms with van der Waals surface area (Å²) in [4.78, 5) is 21.1. The van der Waals surface area contributed by atoms with Crippen molar-refractivity contribution >= 4 is 46.5 Å². The number of nitrogens with zero attached hydrogens (tertiary/aromatic N) is 3. The number of hydrogen-bond acceptors (Lipinski definition) is 6. The van der Waals surface area contributed by atoms with Crippen molar-refractivity contribution in [2.45, 2.75) is 51.4 Å². The van der Waals surface area contributed by atoms with Gasteiger partial charge in [-0.05, 0) is 69.7 Å². The first-order chi connectivity index (χ1) is 18.3. The normalized spacial score (nSPS) is 18.1. The Labute approximate surface area is 245 Å². The number of carbonyl (C=O) groups excluding carboxylic acids is 1. The molecule has 1 fully saturated rings. The predicted molar refractivity (Wildman–Crippen MR) is 158 cm³/mol.